The number of amides is 8. The fourth-order valence-electron chi connectivity index (χ4n) is 7.89. The molecule has 25 heteroatoms. The highest BCUT2D eigenvalue weighted by Gasteiger charge is 2.47. The zero-order chi connectivity index (χ0) is 48.0. The Hall–Kier alpha value is -5.66. The summed E-state index contributed by atoms with van der Waals surface area (Å²) in [5.74, 6) is -8.03. The molecule has 15 N–H and O–H groups in total. The molecule has 360 valence electrons. The Kier molecular flexibility index (Phi) is 20.1. The molecule has 0 unspecified atom stereocenters. The van der Waals surface area contributed by atoms with Crippen LogP contribution in [0.25, 0.3) is 0 Å². The maximum atomic E-state index is 14.1. The van der Waals surface area contributed by atoms with E-state index < -0.39 is 133 Å². The largest absolute Gasteiger partial charge is 0.480 e. The monoisotopic (exact) mass is 910 g/mol. The van der Waals surface area contributed by atoms with Crippen LogP contribution in [0.4, 0.5) is 0 Å². The number of carboxylic acid groups (broad SMARTS) is 1. The van der Waals surface area contributed by atoms with Gasteiger partial charge in [-0.25, -0.2) is 4.79 Å². The van der Waals surface area contributed by atoms with Gasteiger partial charge in [0.2, 0.25) is 47.3 Å². The number of guanidine groups is 1. The number of carboxylic acids is 1. The molecule has 8 amide bonds. The minimum atomic E-state index is -1.62. The number of nitrogens with zero attached hydrogens (tertiary/aromatic N) is 4. The lowest BCUT2D eigenvalue weighted by Crippen LogP contribution is -2.60. The molecule has 64 heavy (non-hydrogen) atoms. The van der Waals surface area contributed by atoms with Crippen LogP contribution in [0.5, 0.6) is 0 Å². The molecule has 3 aliphatic heterocycles. The Morgan fingerprint density at radius 2 is 1.20 bits per heavy atom. The Labute approximate surface area is 370 Å². The standard InChI is InChI=1S/C39H66N12O13/c1-19(2)28(38(63)64)47-32(57)23(9-5-13-43-39(41)42)45-34(59)29(20(3)53)46-27(55)17-44-33(58)24-10-6-14-49(24)35(60)25-11-7-15-50(25)36(61)26-12-8-16-51(26)37(62)30(21(4)54)48-31(56)22(40)18-52/h19-26,28-30,52-54H,5-18,40H2,1-4H3,(H,44,58)(H,45,59)(H,46,55)(H,47,57)(H,48,56)(H,63,64)(H4,41,42,43)/t20-,21-,22+,23+,24+,25+,26+,28+,29+,30+/m1/s1. The van der Waals surface area contributed by atoms with Gasteiger partial charge in [-0.15, -0.1) is 0 Å². The molecule has 0 aliphatic carbocycles. The maximum absolute atomic E-state index is 14.1. The molecule has 0 aromatic heterocycles. The van der Waals surface area contributed by atoms with Gasteiger partial charge in [0.25, 0.3) is 0 Å². The van der Waals surface area contributed by atoms with Gasteiger partial charge in [-0.1, -0.05) is 13.8 Å². The van der Waals surface area contributed by atoms with E-state index in [1.807, 2.05) is 0 Å². The van der Waals surface area contributed by atoms with Crippen molar-refractivity contribution in [2.24, 2.45) is 28.1 Å². The molecule has 0 aromatic rings. The van der Waals surface area contributed by atoms with E-state index >= 15 is 0 Å². The van der Waals surface area contributed by atoms with Gasteiger partial charge >= 0.3 is 5.97 Å². The molecule has 25 nitrogen and oxygen atoms in total. The zero-order valence-electron chi connectivity index (χ0n) is 36.7. The Morgan fingerprint density at radius 3 is 1.72 bits per heavy atom. The van der Waals surface area contributed by atoms with Crippen molar-refractivity contribution in [3.63, 3.8) is 0 Å². The summed E-state index contributed by atoms with van der Waals surface area (Å²) >= 11 is 0. The number of carbonyl (C=O) groups is 9. The number of hydrogen-bond acceptors (Lipinski definition) is 14. The second-order valence-corrected chi connectivity index (χ2v) is 16.7. The molecule has 0 radical (unpaired) electrons. The molecule has 0 spiro atoms. The molecule has 3 fully saturated rings. The quantitative estimate of drug-likeness (QED) is 0.0273. The average molecular weight is 911 g/mol. The van der Waals surface area contributed by atoms with Crippen molar-refractivity contribution < 1.29 is 63.6 Å². The van der Waals surface area contributed by atoms with Gasteiger partial charge in [0, 0.05) is 26.2 Å². The van der Waals surface area contributed by atoms with Crippen LogP contribution in [0.2, 0.25) is 0 Å². The molecule has 0 aromatic carbocycles. The number of hydrogen-bond donors (Lipinski definition) is 12. The van der Waals surface area contributed by atoms with Crippen LogP contribution in [0, 0.1) is 5.92 Å². The molecule has 0 saturated carbocycles. The van der Waals surface area contributed by atoms with Crippen molar-refractivity contribution >= 4 is 59.2 Å². The summed E-state index contributed by atoms with van der Waals surface area (Å²) in [6, 6.07) is -10.0. The van der Waals surface area contributed by atoms with Gasteiger partial charge in [0.15, 0.2) is 5.96 Å². The minimum absolute atomic E-state index is 0.0502. The summed E-state index contributed by atoms with van der Waals surface area (Å²) < 4.78 is 0. The van der Waals surface area contributed by atoms with Crippen molar-refractivity contribution in [1.82, 2.24) is 41.3 Å². The molecule has 10 atom stereocenters. The summed E-state index contributed by atoms with van der Waals surface area (Å²) in [7, 11) is 0. The summed E-state index contributed by atoms with van der Waals surface area (Å²) in [6.45, 7) is 4.87. The molecular formula is C39H66N12O13. The first-order valence-corrected chi connectivity index (χ1v) is 21.5. The molecule has 3 saturated heterocycles. The first-order chi connectivity index (χ1) is 30.1. The van der Waals surface area contributed by atoms with Crippen LogP contribution in [-0.4, -0.2) is 194 Å². The van der Waals surface area contributed by atoms with Crippen LogP contribution in [0.3, 0.4) is 0 Å². The fourth-order valence-corrected chi connectivity index (χ4v) is 7.89. The van der Waals surface area contributed by atoms with E-state index in [9.17, 15) is 63.6 Å². The third-order valence-electron chi connectivity index (χ3n) is 11.4. The number of likely N-dealkylation sites (tertiary alicyclic amines) is 3. The summed E-state index contributed by atoms with van der Waals surface area (Å²) in [4.78, 5) is 127. The number of aliphatic hydroxyl groups excluding tert-OH is 3. The second kappa shape index (κ2) is 24.4. The minimum Gasteiger partial charge on any atom is -0.480 e. The highest BCUT2D eigenvalue weighted by atomic mass is 16.4. The van der Waals surface area contributed by atoms with Gasteiger partial charge in [-0.3, -0.25) is 43.3 Å². The van der Waals surface area contributed by atoms with Crippen molar-refractivity contribution in [3.05, 3.63) is 0 Å². The first kappa shape index (κ1) is 52.7. The highest BCUT2D eigenvalue weighted by Crippen LogP contribution is 2.29. The summed E-state index contributed by atoms with van der Waals surface area (Å²) in [6.07, 6.45) is -0.636. The summed E-state index contributed by atoms with van der Waals surface area (Å²) in [5, 5.41) is 51.6. The van der Waals surface area contributed by atoms with Gasteiger partial charge < -0.3 is 78.9 Å². The maximum Gasteiger partial charge on any atom is 0.326 e. The van der Waals surface area contributed by atoms with Crippen molar-refractivity contribution in [3.8, 4) is 0 Å². The van der Waals surface area contributed by atoms with Crippen molar-refractivity contribution in [1.29, 1.82) is 0 Å². The second-order valence-electron chi connectivity index (χ2n) is 16.7. The molecule has 3 aliphatic rings. The van der Waals surface area contributed by atoms with E-state index in [-0.39, 0.29) is 64.2 Å². The summed E-state index contributed by atoms with van der Waals surface area (Å²) in [5.41, 5.74) is 16.3. The number of rotatable bonds is 22. The average Bonchev–Trinajstić information content (AvgIpc) is 4.04. The van der Waals surface area contributed by atoms with Gasteiger partial charge in [-0.05, 0) is 71.1 Å². The predicted molar refractivity (Wildman–Crippen MR) is 226 cm³/mol. The Bertz CT molecular complexity index is 1740. The first-order valence-electron chi connectivity index (χ1n) is 21.5. The van der Waals surface area contributed by atoms with E-state index in [0.717, 1.165) is 0 Å². The number of nitrogens with two attached hydrogens (primary N) is 3. The van der Waals surface area contributed by atoms with Gasteiger partial charge in [-0.2, -0.15) is 0 Å². The third-order valence-corrected chi connectivity index (χ3v) is 11.4. The molecular weight excluding hydrogens is 844 g/mol. The Morgan fingerprint density at radius 1 is 0.688 bits per heavy atom. The third kappa shape index (κ3) is 14.2. The molecule has 3 rings (SSSR count). The van der Waals surface area contributed by atoms with Gasteiger partial charge in [0.1, 0.15) is 48.3 Å². The Balaban J connectivity index is 1.65. The van der Waals surface area contributed by atoms with Crippen LogP contribution < -0.4 is 43.8 Å². The lowest BCUT2D eigenvalue weighted by atomic mass is 10.0. The van der Waals surface area contributed by atoms with E-state index in [1.54, 1.807) is 13.8 Å². The highest BCUT2D eigenvalue weighted by molar-refractivity contribution is 5.98. The van der Waals surface area contributed by atoms with Crippen LogP contribution in [0.15, 0.2) is 4.99 Å². The van der Waals surface area contributed by atoms with E-state index in [2.05, 4.69) is 31.6 Å². The fraction of sp³-hybridized carbons (Fsp3) is 0.744. The van der Waals surface area contributed by atoms with E-state index in [4.69, 9.17) is 17.2 Å². The van der Waals surface area contributed by atoms with Crippen molar-refractivity contribution in [2.75, 3.05) is 39.3 Å². The topological polar surface area (TPSA) is 395 Å². The number of nitrogens with one attached hydrogen (secondary N) is 5. The number of aliphatic carboxylic acids is 1. The molecule has 0 bridgehead atoms. The number of aliphatic hydroxyl groups is 3. The predicted octanol–water partition coefficient (Wildman–Crippen LogP) is -6.11. The molecule has 3 heterocycles. The lowest BCUT2D eigenvalue weighted by molar-refractivity contribution is -0.152. The number of carbonyl (C=O) groups excluding carboxylic acids is 8. The van der Waals surface area contributed by atoms with E-state index in [1.165, 1.54) is 28.5 Å². The van der Waals surface area contributed by atoms with Crippen LogP contribution >= 0.6 is 0 Å². The lowest BCUT2D eigenvalue weighted by Gasteiger charge is -2.35. The SMILES string of the molecule is CC(C)[C@H](NC(=O)[C@H](CCCN=C(N)N)NC(=O)[C@@H](NC(=O)CNC(=O)[C@@H]1CCCN1C(=O)[C@@H]1CCCN1C(=O)[C@@H]1CCCN1C(=O)[C@@H](NC(=O)[C@@H](N)CO)[C@@H](C)O)[C@@H](C)O)C(=O)O. The normalized spacial score (nSPS) is 21.7. The van der Waals surface area contributed by atoms with Crippen LogP contribution in [0.1, 0.15) is 79.1 Å². The van der Waals surface area contributed by atoms with Gasteiger partial charge in [0.05, 0.1) is 25.4 Å². The number of aliphatic imine (C=N–C) groups is 1. The van der Waals surface area contributed by atoms with Crippen LogP contribution in [-0.2, 0) is 43.2 Å². The smallest absolute Gasteiger partial charge is 0.326 e. The van der Waals surface area contributed by atoms with E-state index in [0.29, 0.717) is 19.3 Å². The zero-order valence-corrected chi connectivity index (χ0v) is 36.7. The van der Waals surface area contributed by atoms with Crippen molar-refractivity contribution in [2.45, 2.75) is 140 Å².